The Morgan fingerprint density at radius 1 is 1.20 bits per heavy atom. The molecule has 2 amide bonds. The Kier molecular flexibility index (Phi) is 6.83. The predicted molar refractivity (Wildman–Crippen MR) is 136 cm³/mol. The first-order valence-corrected chi connectivity index (χ1v) is 13.1. The van der Waals surface area contributed by atoms with Crippen LogP contribution in [-0.2, 0) is 0 Å². The lowest BCUT2D eigenvalue weighted by atomic mass is 10.1. The van der Waals surface area contributed by atoms with Gasteiger partial charge in [-0.3, -0.25) is 9.59 Å². The van der Waals surface area contributed by atoms with E-state index in [1.807, 2.05) is 36.1 Å². The zero-order chi connectivity index (χ0) is 24.4. The number of carbonyl (C=O) groups is 2. The number of methoxy groups -OCH3 is 1. The van der Waals surface area contributed by atoms with Crippen molar-refractivity contribution in [1.29, 1.82) is 0 Å². The number of fused-ring (bicyclic) bond motifs is 1. The molecule has 182 valence electrons. The van der Waals surface area contributed by atoms with Gasteiger partial charge in [-0.2, -0.15) is 0 Å². The molecule has 1 unspecified atom stereocenters. The summed E-state index contributed by atoms with van der Waals surface area (Å²) in [6, 6.07) is 12.8. The number of amides is 2. The molecule has 1 aromatic heterocycles. The summed E-state index contributed by atoms with van der Waals surface area (Å²) in [6.45, 7) is 3.70. The zero-order valence-corrected chi connectivity index (χ0v) is 21.0. The number of benzene rings is 2. The van der Waals surface area contributed by atoms with E-state index in [-0.39, 0.29) is 17.2 Å². The number of nitrogens with zero attached hydrogens (tertiary/aromatic N) is 2. The maximum absolute atomic E-state index is 13.6. The second-order valence-corrected chi connectivity index (χ2v) is 10.5. The van der Waals surface area contributed by atoms with Gasteiger partial charge in [-0.15, -0.1) is 23.1 Å². The summed E-state index contributed by atoms with van der Waals surface area (Å²) < 4.78 is 16.6. The maximum atomic E-state index is 13.6. The molecule has 5 rings (SSSR count). The minimum Gasteiger partial charge on any atom is -0.497 e. The summed E-state index contributed by atoms with van der Waals surface area (Å²) in [5.74, 6) is 2.22. The van der Waals surface area contributed by atoms with E-state index < -0.39 is 0 Å². The number of ether oxygens (including phenoxy) is 3. The van der Waals surface area contributed by atoms with E-state index in [0.29, 0.717) is 59.7 Å². The molecule has 0 aliphatic carbocycles. The molecule has 0 bridgehead atoms. The van der Waals surface area contributed by atoms with Gasteiger partial charge < -0.3 is 24.4 Å². The van der Waals surface area contributed by atoms with Crippen LogP contribution in [0.4, 0.5) is 0 Å². The third-order valence-electron chi connectivity index (χ3n) is 5.77. The van der Waals surface area contributed by atoms with Crippen molar-refractivity contribution in [3.05, 3.63) is 57.9 Å². The van der Waals surface area contributed by atoms with E-state index in [2.05, 4.69) is 10.3 Å². The number of thiazole rings is 1. The average molecular weight is 512 g/mol. The minimum atomic E-state index is -0.252. The van der Waals surface area contributed by atoms with Crippen LogP contribution >= 0.6 is 23.1 Å². The van der Waals surface area contributed by atoms with Crippen molar-refractivity contribution in [3.8, 4) is 28.5 Å². The number of carbonyl (C=O) groups excluding carboxylic acids is 2. The molecule has 1 N–H and O–H groups in total. The van der Waals surface area contributed by atoms with Crippen molar-refractivity contribution in [2.24, 2.45) is 0 Å². The van der Waals surface area contributed by atoms with Gasteiger partial charge in [0, 0.05) is 24.4 Å². The lowest BCUT2D eigenvalue weighted by molar-refractivity contribution is 0.0755. The van der Waals surface area contributed by atoms with Crippen LogP contribution in [0.1, 0.15) is 25.0 Å². The number of thioether (sulfide) groups is 1. The normalized spacial score (nSPS) is 16.7. The highest BCUT2D eigenvalue weighted by Crippen LogP contribution is 2.35. The molecule has 2 aliphatic rings. The Hall–Kier alpha value is -3.24. The summed E-state index contributed by atoms with van der Waals surface area (Å²) >= 11 is 3.04. The quantitative estimate of drug-likeness (QED) is 0.538. The monoisotopic (exact) mass is 511 g/mol. The van der Waals surface area contributed by atoms with E-state index >= 15 is 0 Å². The number of nitrogens with one attached hydrogen (secondary N) is 1. The van der Waals surface area contributed by atoms with Crippen molar-refractivity contribution in [2.45, 2.75) is 12.3 Å². The molecule has 1 saturated heterocycles. The number of para-hydroxylation sites is 1. The lowest BCUT2D eigenvalue weighted by Gasteiger charge is -2.24. The highest BCUT2D eigenvalue weighted by atomic mass is 32.2. The van der Waals surface area contributed by atoms with Gasteiger partial charge in [0.2, 0.25) is 0 Å². The fourth-order valence-corrected chi connectivity index (χ4v) is 6.17. The molecule has 0 spiro atoms. The molecule has 0 radical (unpaired) electrons. The molecule has 0 saturated carbocycles. The molecule has 8 nitrogen and oxygen atoms in total. The number of rotatable bonds is 6. The first kappa shape index (κ1) is 23.5. The number of aromatic nitrogens is 1. The highest BCUT2D eigenvalue weighted by Gasteiger charge is 2.33. The van der Waals surface area contributed by atoms with Crippen molar-refractivity contribution in [3.63, 3.8) is 0 Å². The van der Waals surface area contributed by atoms with E-state index in [1.165, 1.54) is 11.3 Å². The Morgan fingerprint density at radius 3 is 2.89 bits per heavy atom. The highest BCUT2D eigenvalue weighted by molar-refractivity contribution is 8.00. The van der Waals surface area contributed by atoms with Crippen LogP contribution in [0.5, 0.6) is 17.2 Å². The van der Waals surface area contributed by atoms with Crippen LogP contribution < -0.4 is 19.5 Å². The Balaban J connectivity index is 1.32. The van der Waals surface area contributed by atoms with E-state index in [1.54, 1.807) is 37.1 Å². The summed E-state index contributed by atoms with van der Waals surface area (Å²) in [5.41, 5.74) is 1.93. The van der Waals surface area contributed by atoms with Crippen LogP contribution in [0.3, 0.4) is 0 Å². The van der Waals surface area contributed by atoms with Crippen LogP contribution in [0, 0.1) is 6.92 Å². The van der Waals surface area contributed by atoms with Crippen LogP contribution in [0.25, 0.3) is 11.3 Å². The molecular weight excluding hydrogens is 486 g/mol. The largest absolute Gasteiger partial charge is 0.497 e. The van der Waals surface area contributed by atoms with Gasteiger partial charge in [0.1, 0.15) is 23.8 Å². The SMILES string of the molecule is COc1cccc(-c2nc(C)sc2C(=O)N2CCSC2CNC(=O)c2cccc3c2OCCO3)c1. The van der Waals surface area contributed by atoms with Gasteiger partial charge >= 0.3 is 0 Å². The summed E-state index contributed by atoms with van der Waals surface area (Å²) in [5, 5.41) is 3.62. The van der Waals surface area contributed by atoms with E-state index in [9.17, 15) is 9.59 Å². The zero-order valence-electron chi connectivity index (χ0n) is 19.4. The molecule has 1 atom stereocenters. The van der Waals surface area contributed by atoms with Crippen molar-refractivity contribution >= 4 is 34.9 Å². The van der Waals surface area contributed by atoms with Crippen molar-refractivity contribution < 1.29 is 23.8 Å². The lowest BCUT2D eigenvalue weighted by Crippen LogP contribution is -2.42. The standard InChI is InChI=1S/C25H25N3O5S2/c1-15-27-21(16-5-3-6-17(13-16)31-2)23(35-15)25(30)28-9-12-34-20(28)14-26-24(29)18-7-4-8-19-22(18)33-11-10-32-19/h3-8,13,20H,9-12,14H2,1-2H3,(H,26,29). The van der Waals surface area contributed by atoms with E-state index in [4.69, 9.17) is 14.2 Å². The van der Waals surface area contributed by atoms with Crippen LogP contribution in [0.2, 0.25) is 0 Å². The van der Waals surface area contributed by atoms with E-state index in [0.717, 1.165) is 16.3 Å². The second-order valence-electron chi connectivity index (χ2n) is 8.01. The number of aryl methyl sites for hydroxylation is 1. The molecule has 2 aliphatic heterocycles. The molecule has 2 aromatic carbocycles. The molecule has 3 aromatic rings. The summed E-state index contributed by atoms with van der Waals surface area (Å²) in [7, 11) is 1.61. The fourth-order valence-electron chi connectivity index (χ4n) is 4.12. The van der Waals surface area contributed by atoms with Crippen LogP contribution in [0.15, 0.2) is 42.5 Å². The molecule has 3 heterocycles. The predicted octanol–water partition coefficient (Wildman–Crippen LogP) is 3.84. The minimum absolute atomic E-state index is 0.0773. The third-order valence-corrected chi connectivity index (χ3v) is 7.95. The van der Waals surface area contributed by atoms with Gasteiger partial charge in [-0.1, -0.05) is 18.2 Å². The number of hydrogen-bond acceptors (Lipinski definition) is 8. The first-order chi connectivity index (χ1) is 17.0. The summed E-state index contributed by atoms with van der Waals surface area (Å²) in [4.78, 5) is 33.6. The molecule has 10 heteroatoms. The van der Waals surface area contributed by atoms with Gasteiger partial charge in [-0.25, -0.2) is 4.98 Å². The topological polar surface area (TPSA) is 90.0 Å². The maximum Gasteiger partial charge on any atom is 0.267 e. The molecule has 1 fully saturated rings. The van der Waals surface area contributed by atoms with Gasteiger partial charge in [-0.05, 0) is 31.2 Å². The second kappa shape index (κ2) is 10.2. The van der Waals surface area contributed by atoms with Crippen molar-refractivity contribution in [1.82, 2.24) is 15.2 Å². The first-order valence-electron chi connectivity index (χ1n) is 11.3. The van der Waals surface area contributed by atoms with Crippen LogP contribution in [-0.4, -0.2) is 66.2 Å². The Labute approximate surface area is 211 Å². The molecule has 35 heavy (non-hydrogen) atoms. The smallest absolute Gasteiger partial charge is 0.267 e. The number of hydrogen-bond donors (Lipinski definition) is 1. The van der Waals surface area contributed by atoms with Gasteiger partial charge in [0.15, 0.2) is 11.5 Å². The van der Waals surface area contributed by atoms with Crippen molar-refractivity contribution in [2.75, 3.05) is 39.2 Å². The Morgan fingerprint density at radius 2 is 2.03 bits per heavy atom. The fraction of sp³-hybridized carbons (Fsp3) is 0.320. The van der Waals surface area contributed by atoms with Gasteiger partial charge in [0.05, 0.1) is 28.7 Å². The van der Waals surface area contributed by atoms with Gasteiger partial charge in [0.25, 0.3) is 11.8 Å². The Bertz CT molecular complexity index is 1260. The summed E-state index contributed by atoms with van der Waals surface area (Å²) in [6.07, 6.45) is 0. The molecular formula is C25H25N3O5S2. The third kappa shape index (κ3) is 4.81. The average Bonchev–Trinajstić information content (AvgIpc) is 3.53.